The fourth-order valence-electron chi connectivity index (χ4n) is 4.30. The number of hydrogen-bond acceptors (Lipinski definition) is 5. The van der Waals surface area contributed by atoms with Crippen LogP contribution in [-0.4, -0.2) is 59.4 Å². The van der Waals surface area contributed by atoms with Gasteiger partial charge < -0.3 is 4.90 Å². The summed E-state index contributed by atoms with van der Waals surface area (Å²) in [5.41, 5.74) is 1.69. The molecule has 27 heavy (non-hydrogen) atoms. The number of halogens is 3. The SMILES string of the molecule is Cc1cc(Cl)n2ncnc(N3CC4(CC(N(CC(F)F)S(N)(=O)=O)C4)C3)c12. The van der Waals surface area contributed by atoms with E-state index in [1.807, 2.05) is 13.0 Å². The number of fused-ring (bicyclic) bond motifs is 1. The average Bonchev–Trinajstić information content (AvgIpc) is 2.77. The van der Waals surface area contributed by atoms with E-state index in [0.717, 1.165) is 21.2 Å². The van der Waals surface area contributed by atoms with Crippen LogP contribution in [0.3, 0.4) is 0 Å². The van der Waals surface area contributed by atoms with Gasteiger partial charge in [0.15, 0.2) is 5.82 Å². The molecule has 2 N–H and O–H groups in total. The molecule has 148 valence electrons. The van der Waals surface area contributed by atoms with E-state index in [1.54, 1.807) is 4.52 Å². The fraction of sp³-hybridized carbons (Fsp3) is 0.600. The van der Waals surface area contributed by atoms with Crippen molar-refractivity contribution in [2.24, 2.45) is 10.6 Å². The molecule has 8 nitrogen and oxygen atoms in total. The maximum Gasteiger partial charge on any atom is 0.277 e. The van der Waals surface area contributed by atoms with E-state index in [9.17, 15) is 17.2 Å². The molecule has 4 rings (SSSR count). The van der Waals surface area contributed by atoms with Crippen LogP contribution in [0.1, 0.15) is 18.4 Å². The van der Waals surface area contributed by atoms with Gasteiger partial charge in [-0.3, -0.25) is 0 Å². The summed E-state index contributed by atoms with van der Waals surface area (Å²) in [5, 5.41) is 9.76. The molecule has 2 aliphatic rings. The van der Waals surface area contributed by atoms with Crippen LogP contribution in [0.15, 0.2) is 12.4 Å². The van der Waals surface area contributed by atoms with Crippen LogP contribution >= 0.6 is 11.6 Å². The molecular weight excluding hydrogens is 402 g/mol. The number of alkyl halides is 2. The van der Waals surface area contributed by atoms with Crippen LogP contribution in [0.5, 0.6) is 0 Å². The van der Waals surface area contributed by atoms with Crippen molar-refractivity contribution in [3.05, 3.63) is 23.1 Å². The summed E-state index contributed by atoms with van der Waals surface area (Å²) in [4.78, 5) is 6.44. The van der Waals surface area contributed by atoms with Crippen molar-refractivity contribution in [2.45, 2.75) is 32.2 Å². The molecule has 2 aromatic rings. The third kappa shape index (κ3) is 3.16. The third-order valence-electron chi connectivity index (χ3n) is 5.42. The third-order valence-corrected chi connectivity index (χ3v) is 6.79. The number of nitrogens with zero attached hydrogens (tertiary/aromatic N) is 5. The lowest BCUT2D eigenvalue weighted by Gasteiger charge is -2.60. The van der Waals surface area contributed by atoms with Crippen LogP contribution in [-0.2, 0) is 10.2 Å². The van der Waals surface area contributed by atoms with Crippen molar-refractivity contribution < 1.29 is 17.2 Å². The molecule has 0 radical (unpaired) electrons. The van der Waals surface area contributed by atoms with Gasteiger partial charge in [-0.15, -0.1) is 0 Å². The minimum atomic E-state index is -4.15. The molecule has 1 saturated carbocycles. The highest BCUT2D eigenvalue weighted by Crippen LogP contribution is 2.52. The largest absolute Gasteiger partial charge is 0.354 e. The van der Waals surface area contributed by atoms with Crippen molar-refractivity contribution in [3.8, 4) is 0 Å². The highest BCUT2D eigenvalue weighted by Gasteiger charge is 2.56. The Morgan fingerprint density at radius 1 is 1.44 bits per heavy atom. The van der Waals surface area contributed by atoms with Crippen LogP contribution in [0, 0.1) is 12.3 Å². The standard InChI is InChI=1S/C15H19ClF2N6O2S/c1-9-2-11(16)24-13(9)14(20-8-21-24)22-6-15(7-22)3-10(4-15)23(5-12(17)18)27(19,25)26/h2,8,10,12H,3-7H2,1H3,(H2,19,25,26). The second-order valence-electron chi connectivity index (χ2n) is 7.42. The van der Waals surface area contributed by atoms with E-state index in [-0.39, 0.29) is 5.41 Å². The van der Waals surface area contributed by atoms with Crippen LogP contribution < -0.4 is 10.0 Å². The quantitative estimate of drug-likeness (QED) is 0.789. The summed E-state index contributed by atoms with van der Waals surface area (Å²) in [6, 6.07) is 1.34. The second kappa shape index (κ2) is 6.23. The first-order chi connectivity index (χ1) is 12.6. The first-order valence-corrected chi connectivity index (χ1v) is 10.3. The maximum atomic E-state index is 12.7. The summed E-state index contributed by atoms with van der Waals surface area (Å²) in [6.45, 7) is 2.41. The predicted octanol–water partition coefficient (Wildman–Crippen LogP) is 1.43. The van der Waals surface area contributed by atoms with Gasteiger partial charge in [-0.05, 0) is 31.4 Å². The van der Waals surface area contributed by atoms with Gasteiger partial charge in [0.25, 0.3) is 16.6 Å². The Kier molecular flexibility index (Phi) is 4.33. The molecule has 1 aliphatic heterocycles. The van der Waals surface area contributed by atoms with Gasteiger partial charge in [0.2, 0.25) is 0 Å². The summed E-state index contributed by atoms with van der Waals surface area (Å²) < 4.78 is 51.0. The Morgan fingerprint density at radius 2 is 2.11 bits per heavy atom. The molecule has 0 unspecified atom stereocenters. The van der Waals surface area contributed by atoms with Gasteiger partial charge in [0, 0.05) is 24.5 Å². The topological polar surface area (TPSA) is 96.8 Å². The summed E-state index contributed by atoms with van der Waals surface area (Å²) in [7, 11) is -4.15. The molecule has 0 atom stereocenters. The van der Waals surface area contributed by atoms with E-state index in [1.165, 1.54) is 6.33 Å². The molecule has 1 spiro atoms. The Balaban J connectivity index is 1.47. The zero-order valence-electron chi connectivity index (χ0n) is 14.5. The van der Waals surface area contributed by atoms with Crippen LogP contribution in [0.25, 0.3) is 5.52 Å². The molecule has 12 heteroatoms. The van der Waals surface area contributed by atoms with E-state index in [2.05, 4.69) is 15.0 Å². The molecular formula is C15H19ClF2N6O2S. The lowest BCUT2D eigenvalue weighted by Crippen LogP contribution is -2.68. The van der Waals surface area contributed by atoms with Gasteiger partial charge in [-0.1, -0.05) is 11.6 Å². The van der Waals surface area contributed by atoms with Gasteiger partial charge in [-0.25, -0.2) is 23.4 Å². The molecule has 2 aromatic heterocycles. The number of aromatic nitrogens is 3. The number of aryl methyl sites for hydroxylation is 1. The zero-order chi connectivity index (χ0) is 19.6. The first-order valence-electron chi connectivity index (χ1n) is 8.41. The number of hydrogen-bond donors (Lipinski definition) is 1. The number of nitrogens with two attached hydrogens (primary N) is 1. The zero-order valence-corrected chi connectivity index (χ0v) is 16.1. The predicted molar refractivity (Wildman–Crippen MR) is 96.2 cm³/mol. The average molecular weight is 421 g/mol. The highest BCUT2D eigenvalue weighted by molar-refractivity contribution is 7.86. The van der Waals surface area contributed by atoms with E-state index in [0.29, 0.717) is 31.1 Å². The molecule has 1 aliphatic carbocycles. The number of anilines is 1. The van der Waals surface area contributed by atoms with Crippen molar-refractivity contribution in [3.63, 3.8) is 0 Å². The molecule has 1 saturated heterocycles. The van der Waals surface area contributed by atoms with Crippen molar-refractivity contribution in [1.82, 2.24) is 18.9 Å². The minimum Gasteiger partial charge on any atom is -0.354 e. The van der Waals surface area contributed by atoms with Crippen LogP contribution in [0.4, 0.5) is 14.6 Å². The maximum absolute atomic E-state index is 12.7. The van der Waals surface area contributed by atoms with Crippen molar-refractivity contribution >= 4 is 33.1 Å². The van der Waals surface area contributed by atoms with Gasteiger partial charge >= 0.3 is 0 Å². The van der Waals surface area contributed by atoms with Crippen molar-refractivity contribution in [1.29, 1.82) is 0 Å². The number of rotatable bonds is 5. The van der Waals surface area contributed by atoms with E-state index >= 15 is 0 Å². The Morgan fingerprint density at radius 3 is 2.70 bits per heavy atom. The molecule has 0 aromatic carbocycles. The van der Waals surface area contributed by atoms with Crippen LogP contribution in [0.2, 0.25) is 5.15 Å². The lowest BCUT2D eigenvalue weighted by molar-refractivity contribution is -0.00439. The molecule has 3 heterocycles. The Labute approximate surface area is 160 Å². The monoisotopic (exact) mass is 420 g/mol. The van der Waals surface area contributed by atoms with E-state index < -0.39 is 29.2 Å². The normalized spacial score (nSPS) is 19.9. The Hall–Kier alpha value is -1.56. The lowest BCUT2D eigenvalue weighted by atomic mass is 9.60. The summed E-state index contributed by atoms with van der Waals surface area (Å²) in [6.07, 6.45) is -0.300. The summed E-state index contributed by atoms with van der Waals surface area (Å²) in [5.74, 6) is 0.763. The van der Waals surface area contributed by atoms with Gasteiger partial charge in [0.1, 0.15) is 17.0 Å². The molecule has 0 amide bonds. The van der Waals surface area contributed by atoms with Gasteiger partial charge in [0.05, 0.1) is 6.54 Å². The fourth-order valence-corrected chi connectivity index (χ4v) is 5.48. The molecule has 2 fully saturated rings. The highest BCUT2D eigenvalue weighted by atomic mass is 35.5. The smallest absolute Gasteiger partial charge is 0.277 e. The second-order valence-corrected chi connectivity index (χ2v) is 9.30. The molecule has 0 bridgehead atoms. The first kappa shape index (κ1) is 18.8. The van der Waals surface area contributed by atoms with E-state index in [4.69, 9.17) is 16.7 Å². The van der Waals surface area contributed by atoms with Crippen molar-refractivity contribution in [2.75, 3.05) is 24.5 Å². The minimum absolute atomic E-state index is 0.0953. The van der Waals surface area contributed by atoms with Gasteiger partial charge in [-0.2, -0.15) is 17.8 Å². The summed E-state index contributed by atoms with van der Waals surface area (Å²) >= 11 is 6.17. The Bertz CT molecular complexity index is 984.